The summed E-state index contributed by atoms with van der Waals surface area (Å²) < 4.78 is 38.8. The minimum atomic E-state index is -3.75. The fourth-order valence-corrected chi connectivity index (χ4v) is 3.96. The van der Waals surface area contributed by atoms with Gasteiger partial charge in [-0.1, -0.05) is 0 Å². The van der Waals surface area contributed by atoms with Gasteiger partial charge in [0.15, 0.2) is 5.82 Å². The van der Waals surface area contributed by atoms with E-state index < -0.39 is 10.0 Å². The van der Waals surface area contributed by atoms with Crippen molar-refractivity contribution in [3.63, 3.8) is 0 Å². The van der Waals surface area contributed by atoms with Gasteiger partial charge in [0.1, 0.15) is 11.5 Å². The third-order valence-electron chi connectivity index (χ3n) is 4.45. The average molecular weight is 449 g/mol. The third-order valence-corrected chi connectivity index (χ3v) is 5.85. The Morgan fingerprint density at radius 2 is 1.62 bits per heavy atom. The van der Waals surface area contributed by atoms with E-state index in [0.29, 0.717) is 28.9 Å². The Hall–Kier alpha value is -3.98. The molecule has 0 bridgehead atoms. The number of rotatable bonds is 7. The molecule has 2 heterocycles. The largest absolute Gasteiger partial charge is 0.497 e. The van der Waals surface area contributed by atoms with Crippen LogP contribution in [0.1, 0.15) is 5.69 Å². The SMILES string of the molecule is COc1ccc(NS(=O)(=O)c2ccc(Oc3cc(C)nc(-c4cccnc4)n3)cc2)cc1. The summed E-state index contributed by atoms with van der Waals surface area (Å²) in [6.07, 6.45) is 3.35. The highest BCUT2D eigenvalue weighted by Crippen LogP contribution is 2.25. The summed E-state index contributed by atoms with van der Waals surface area (Å²) in [4.78, 5) is 13.0. The zero-order valence-corrected chi connectivity index (χ0v) is 18.2. The van der Waals surface area contributed by atoms with Crippen molar-refractivity contribution in [1.29, 1.82) is 0 Å². The van der Waals surface area contributed by atoms with Gasteiger partial charge in [0, 0.05) is 35.4 Å². The summed E-state index contributed by atoms with van der Waals surface area (Å²) in [5.74, 6) is 1.93. The lowest BCUT2D eigenvalue weighted by atomic mass is 10.2. The zero-order chi connectivity index (χ0) is 22.6. The van der Waals surface area contributed by atoms with Gasteiger partial charge in [-0.15, -0.1) is 0 Å². The second kappa shape index (κ2) is 9.03. The normalized spacial score (nSPS) is 11.1. The van der Waals surface area contributed by atoms with Crippen molar-refractivity contribution in [3.8, 4) is 28.8 Å². The number of ether oxygens (including phenoxy) is 2. The van der Waals surface area contributed by atoms with Crippen LogP contribution < -0.4 is 14.2 Å². The standard InChI is InChI=1S/C23H20N4O4S/c1-16-14-22(26-23(25-16)17-4-3-13-24-15-17)31-20-9-11-21(12-10-20)32(28,29)27-18-5-7-19(30-2)8-6-18/h3-15,27H,1-2H3. The quantitative estimate of drug-likeness (QED) is 0.445. The molecule has 0 fully saturated rings. The molecule has 8 nitrogen and oxygen atoms in total. The van der Waals surface area contributed by atoms with Crippen LogP contribution in [0.15, 0.2) is 84.0 Å². The lowest BCUT2D eigenvalue weighted by Crippen LogP contribution is -2.12. The third kappa shape index (κ3) is 5.01. The molecule has 0 saturated heterocycles. The molecular weight excluding hydrogens is 428 g/mol. The van der Waals surface area contributed by atoms with Gasteiger partial charge >= 0.3 is 0 Å². The van der Waals surface area contributed by atoms with Gasteiger partial charge < -0.3 is 9.47 Å². The Balaban J connectivity index is 1.51. The second-order valence-electron chi connectivity index (χ2n) is 6.82. The Labute approximate surface area is 186 Å². The van der Waals surface area contributed by atoms with Crippen LogP contribution in [-0.4, -0.2) is 30.5 Å². The van der Waals surface area contributed by atoms with Crippen LogP contribution in [0, 0.1) is 6.92 Å². The first-order valence-electron chi connectivity index (χ1n) is 9.64. The van der Waals surface area contributed by atoms with Crippen LogP contribution in [0.25, 0.3) is 11.4 Å². The number of aromatic nitrogens is 3. The van der Waals surface area contributed by atoms with Gasteiger partial charge in [0.2, 0.25) is 5.88 Å². The topological polar surface area (TPSA) is 103 Å². The summed E-state index contributed by atoms with van der Waals surface area (Å²) in [6.45, 7) is 1.84. The maximum atomic E-state index is 12.7. The van der Waals surface area contributed by atoms with E-state index in [1.165, 1.54) is 12.1 Å². The maximum Gasteiger partial charge on any atom is 0.261 e. The van der Waals surface area contributed by atoms with E-state index in [1.807, 2.05) is 13.0 Å². The molecule has 0 amide bonds. The van der Waals surface area contributed by atoms with Crippen LogP contribution in [0.5, 0.6) is 17.4 Å². The first-order chi connectivity index (χ1) is 15.4. The van der Waals surface area contributed by atoms with Gasteiger partial charge in [0.25, 0.3) is 10.0 Å². The minimum absolute atomic E-state index is 0.107. The van der Waals surface area contributed by atoms with E-state index in [9.17, 15) is 8.42 Å². The molecule has 1 N–H and O–H groups in total. The van der Waals surface area contributed by atoms with Crippen LogP contribution >= 0.6 is 0 Å². The summed E-state index contributed by atoms with van der Waals surface area (Å²) in [6, 6.07) is 18.1. The predicted molar refractivity (Wildman–Crippen MR) is 120 cm³/mol. The number of benzene rings is 2. The second-order valence-corrected chi connectivity index (χ2v) is 8.50. The van der Waals surface area contributed by atoms with Crippen LogP contribution in [-0.2, 0) is 10.0 Å². The summed E-state index contributed by atoms with van der Waals surface area (Å²) in [5.41, 5.74) is 1.94. The molecule has 162 valence electrons. The van der Waals surface area contributed by atoms with Crippen molar-refractivity contribution in [3.05, 3.63) is 84.8 Å². The van der Waals surface area contributed by atoms with Crippen molar-refractivity contribution >= 4 is 15.7 Å². The van der Waals surface area contributed by atoms with Crippen molar-refractivity contribution in [2.24, 2.45) is 0 Å². The highest BCUT2D eigenvalue weighted by Gasteiger charge is 2.15. The molecule has 4 rings (SSSR count). The molecule has 32 heavy (non-hydrogen) atoms. The molecule has 0 aliphatic rings. The lowest BCUT2D eigenvalue weighted by Gasteiger charge is -2.10. The molecule has 0 spiro atoms. The first kappa shape index (κ1) is 21.3. The summed E-state index contributed by atoms with van der Waals surface area (Å²) >= 11 is 0. The molecule has 2 aromatic heterocycles. The van der Waals surface area contributed by atoms with E-state index in [-0.39, 0.29) is 4.90 Å². The minimum Gasteiger partial charge on any atom is -0.497 e. The molecule has 4 aromatic rings. The number of sulfonamides is 1. The Bertz CT molecular complexity index is 1310. The van der Waals surface area contributed by atoms with E-state index in [1.54, 1.807) is 68.0 Å². The first-order valence-corrected chi connectivity index (χ1v) is 11.1. The molecule has 0 radical (unpaired) electrons. The van der Waals surface area contributed by atoms with Gasteiger partial charge in [0.05, 0.1) is 12.0 Å². The highest BCUT2D eigenvalue weighted by atomic mass is 32.2. The Morgan fingerprint density at radius 1 is 0.906 bits per heavy atom. The van der Waals surface area contributed by atoms with E-state index in [4.69, 9.17) is 9.47 Å². The smallest absolute Gasteiger partial charge is 0.261 e. The number of aryl methyl sites for hydroxylation is 1. The molecule has 0 aliphatic heterocycles. The number of nitrogens with one attached hydrogen (secondary N) is 1. The number of hydrogen-bond donors (Lipinski definition) is 1. The number of methoxy groups -OCH3 is 1. The maximum absolute atomic E-state index is 12.7. The monoisotopic (exact) mass is 448 g/mol. The van der Waals surface area contributed by atoms with Gasteiger partial charge in [-0.3, -0.25) is 9.71 Å². The molecule has 2 aromatic carbocycles. The van der Waals surface area contributed by atoms with Crippen molar-refractivity contribution in [2.75, 3.05) is 11.8 Å². The fraction of sp³-hybridized carbons (Fsp3) is 0.0870. The number of pyridine rings is 1. The molecule has 9 heteroatoms. The van der Waals surface area contributed by atoms with Crippen molar-refractivity contribution in [1.82, 2.24) is 15.0 Å². The van der Waals surface area contributed by atoms with Gasteiger partial charge in [-0.05, 0) is 67.6 Å². The fourth-order valence-electron chi connectivity index (χ4n) is 2.90. The molecular formula is C23H20N4O4S. The average Bonchev–Trinajstić information content (AvgIpc) is 2.80. The number of anilines is 1. The van der Waals surface area contributed by atoms with Crippen molar-refractivity contribution in [2.45, 2.75) is 11.8 Å². The lowest BCUT2D eigenvalue weighted by molar-refractivity contribution is 0.415. The van der Waals surface area contributed by atoms with Crippen LogP contribution in [0.3, 0.4) is 0 Å². The Kier molecular flexibility index (Phi) is 6.00. The summed E-state index contributed by atoms with van der Waals surface area (Å²) in [5, 5.41) is 0. The van der Waals surface area contributed by atoms with Crippen molar-refractivity contribution < 1.29 is 17.9 Å². The number of nitrogens with zero attached hydrogens (tertiary/aromatic N) is 3. The van der Waals surface area contributed by atoms with Crippen LogP contribution in [0.2, 0.25) is 0 Å². The predicted octanol–water partition coefficient (Wildman–Crippen LogP) is 4.45. The van der Waals surface area contributed by atoms with Gasteiger partial charge in [-0.25, -0.2) is 13.4 Å². The molecule has 0 atom stereocenters. The molecule has 0 saturated carbocycles. The number of hydrogen-bond acceptors (Lipinski definition) is 7. The highest BCUT2D eigenvalue weighted by molar-refractivity contribution is 7.92. The van der Waals surface area contributed by atoms with E-state index in [0.717, 1.165) is 11.3 Å². The molecule has 0 unspecified atom stereocenters. The van der Waals surface area contributed by atoms with E-state index >= 15 is 0 Å². The summed E-state index contributed by atoms with van der Waals surface area (Å²) in [7, 11) is -2.20. The van der Waals surface area contributed by atoms with E-state index in [2.05, 4.69) is 19.7 Å². The zero-order valence-electron chi connectivity index (χ0n) is 17.4. The van der Waals surface area contributed by atoms with Gasteiger partial charge in [-0.2, -0.15) is 4.98 Å². The van der Waals surface area contributed by atoms with Crippen LogP contribution in [0.4, 0.5) is 5.69 Å². The Morgan fingerprint density at radius 3 is 2.28 bits per heavy atom. The molecule has 0 aliphatic carbocycles.